The Morgan fingerprint density at radius 3 is 2.68 bits per heavy atom. The van der Waals surface area contributed by atoms with Crippen LogP contribution in [0.5, 0.6) is 0 Å². The summed E-state index contributed by atoms with van der Waals surface area (Å²) in [7, 11) is 1.84. The number of amides is 1. The maximum Gasteiger partial charge on any atom is 0.257 e. The summed E-state index contributed by atoms with van der Waals surface area (Å²) in [6.45, 7) is 10.9. The molecule has 2 aliphatic rings. The number of piperazine rings is 1. The lowest BCUT2D eigenvalue weighted by atomic mass is 9.82. The summed E-state index contributed by atoms with van der Waals surface area (Å²) >= 11 is 1.68. The highest BCUT2D eigenvalue weighted by Crippen LogP contribution is 2.32. The number of rotatable bonds is 3. The van der Waals surface area contributed by atoms with Gasteiger partial charge in [-0.05, 0) is 24.6 Å². The molecule has 3 aromatic rings. The highest BCUT2D eigenvalue weighted by Gasteiger charge is 2.37. The SMILES string of the molecule is C[C@@H](c1ccc2scnc2c1)N1CCN(c2ncc3c(n2)C(C)(C)CN(C)C3=O)CC1. The number of nitrogens with zero attached hydrogens (tertiary/aromatic N) is 6. The summed E-state index contributed by atoms with van der Waals surface area (Å²) in [5.41, 5.74) is 5.61. The molecule has 0 N–H and O–H groups in total. The Hall–Kier alpha value is -2.58. The first-order valence-electron chi connectivity index (χ1n) is 10.8. The number of anilines is 1. The molecule has 1 aromatic carbocycles. The van der Waals surface area contributed by atoms with Crippen molar-refractivity contribution >= 4 is 33.4 Å². The van der Waals surface area contributed by atoms with Crippen LogP contribution in [-0.4, -0.2) is 70.4 Å². The van der Waals surface area contributed by atoms with Gasteiger partial charge in [-0.2, -0.15) is 0 Å². The van der Waals surface area contributed by atoms with Gasteiger partial charge in [0.25, 0.3) is 5.91 Å². The molecular weight excluding hydrogens is 408 g/mol. The third kappa shape index (κ3) is 3.57. The largest absolute Gasteiger partial charge is 0.341 e. The summed E-state index contributed by atoms with van der Waals surface area (Å²) in [5, 5.41) is 0. The number of aromatic nitrogens is 3. The van der Waals surface area contributed by atoms with E-state index in [0.717, 1.165) is 43.3 Å². The van der Waals surface area contributed by atoms with Gasteiger partial charge >= 0.3 is 0 Å². The van der Waals surface area contributed by atoms with Crippen LogP contribution in [0.2, 0.25) is 0 Å². The molecule has 2 aromatic heterocycles. The van der Waals surface area contributed by atoms with Crippen LogP contribution in [0.3, 0.4) is 0 Å². The normalized spacial score (nSPS) is 20.2. The number of benzene rings is 1. The van der Waals surface area contributed by atoms with Gasteiger partial charge in [0.1, 0.15) is 0 Å². The summed E-state index contributed by atoms with van der Waals surface area (Å²) in [6.07, 6.45) is 1.72. The van der Waals surface area contributed by atoms with Crippen LogP contribution in [0, 0.1) is 0 Å². The van der Waals surface area contributed by atoms with E-state index in [1.807, 2.05) is 12.6 Å². The van der Waals surface area contributed by atoms with Crippen molar-refractivity contribution < 1.29 is 4.79 Å². The van der Waals surface area contributed by atoms with E-state index < -0.39 is 0 Å². The smallest absolute Gasteiger partial charge is 0.257 e. The van der Waals surface area contributed by atoms with Gasteiger partial charge in [0, 0.05) is 57.4 Å². The zero-order chi connectivity index (χ0) is 21.8. The van der Waals surface area contributed by atoms with E-state index in [9.17, 15) is 4.79 Å². The van der Waals surface area contributed by atoms with Gasteiger partial charge in [-0.3, -0.25) is 9.69 Å². The fourth-order valence-corrected chi connectivity index (χ4v) is 5.46. The van der Waals surface area contributed by atoms with Crippen molar-refractivity contribution in [3.63, 3.8) is 0 Å². The van der Waals surface area contributed by atoms with Crippen molar-refractivity contribution in [3.05, 3.63) is 46.7 Å². The summed E-state index contributed by atoms with van der Waals surface area (Å²) in [4.78, 5) is 32.9. The van der Waals surface area contributed by atoms with Crippen molar-refractivity contribution in [1.82, 2.24) is 24.8 Å². The molecular formula is C23H28N6OS. The van der Waals surface area contributed by atoms with Crippen LogP contribution < -0.4 is 4.90 Å². The molecule has 162 valence electrons. The minimum absolute atomic E-state index is 0.0107. The first kappa shape index (κ1) is 20.3. The molecule has 5 rings (SSSR count). The van der Waals surface area contributed by atoms with Crippen molar-refractivity contribution in [2.45, 2.75) is 32.2 Å². The first-order valence-corrected chi connectivity index (χ1v) is 11.7. The molecule has 0 spiro atoms. The van der Waals surface area contributed by atoms with Crippen molar-refractivity contribution in [2.75, 3.05) is 44.7 Å². The van der Waals surface area contributed by atoms with Gasteiger partial charge in [-0.25, -0.2) is 15.0 Å². The molecule has 1 amide bonds. The molecule has 0 aliphatic carbocycles. The van der Waals surface area contributed by atoms with Crippen molar-refractivity contribution in [2.24, 2.45) is 0 Å². The fourth-order valence-electron chi connectivity index (χ4n) is 4.80. The molecule has 1 saturated heterocycles. The molecule has 0 saturated carbocycles. The van der Waals surface area contributed by atoms with Crippen molar-refractivity contribution in [1.29, 1.82) is 0 Å². The predicted octanol–water partition coefficient (Wildman–Crippen LogP) is 3.33. The Bertz CT molecular complexity index is 1130. The van der Waals surface area contributed by atoms with Crippen LogP contribution in [0.1, 0.15) is 48.4 Å². The molecule has 31 heavy (non-hydrogen) atoms. The van der Waals surface area contributed by atoms with Gasteiger partial charge in [0.15, 0.2) is 0 Å². The molecule has 0 radical (unpaired) electrons. The number of thiazole rings is 1. The average molecular weight is 437 g/mol. The Morgan fingerprint density at radius 1 is 1.13 bits per heavy atom. The summed E-state index contributed by atoms with van der Waals surface area (Å²) < 4.78 is 1.23. The second-order valence-electron chi connectivity index (χ2n) is 9.26. The van der Waals surface area contributed by atoms with Crippen LogP contribution in [-0.2, 0) is 5.41 Å². The minimum atomic E-state index is -0.180. The number of hydrogen-bond donors (Lipinski definition) is 0. The molecule has 8 heteroatoms. The van der Waals surface area contributed by atoms with Gasteiger partial charge in [0.2, 0.25) is 5.95 Å². The maximum absolute atomic E-state index is 12.5. The van der Waals surface area contributed by atoms with Gasteiger partial charge in [0.05, 0.1) is 27.0 Å². The number of carbonyl (C=O) groups excluding carboxylic acids is 1. The highest BCUT2D eigenvalue weighted by atomic mass is 32.1. The molecule has 1 fully saturated rings. The predicted molar refractivity (Wildman–Crippen MR) is 124 cm³/mol. The third-order valence-corrected chi connectivity index (χ3v) is 7.42. The van der Waals surface area contributed by atoms with Gasteiger partial charge < -0.3 is 9.80 Å². The Labute approximate surface area is 186 Å². The molecule has 2 aliphatic heterocycles. The number of carbonyl (C=O) groups is 1. The average Bonchev–Trinajstić information content (AvgIpc) is 3.24. The summed E-state index contributed by atoms with van der Waals surface area (Å²) in [6, 6.07) is 6.95. The Balaban J connectivity index is 1.31. The van der Waals surface area contributed by atoms with E-state index in [2.05, 4.69) is 58.7 Å². The minimum Gasteiger partial charge on any atom is -0.341 e. The standard InChI is InChI=1S/C23H28N6OS/c1-15(16-5-6-19-18(11-16)25-14-31-19)28-7-9-29(10-8-28)22-24-12-17-20(26-22)23(2,3)13-27(4)21(17)30/h5-6,11-12,14-15H,7-10,13H2,1-4H3/t15-/m0/s1. The van der Waals surface area contributed by atoms with E-state index in [1.165, 1.54) is 10.3 Å². The monoisotopic (exact) mass is 436 g/mol. The lowest BCUT2D eigenvalue weighted by Gasteiger charge is -2.40. The molecule has 0 bridgehead atoms. The number of hydrogen-bond acceptors (Lipinski definition) is 7. The first-order chi connectivity index (χ1) is 14.8. The maximum atomic E-state index is 12.5. The van der Waals surface area contributed by atoms with E-state index >= 15 is 0 Å². The van der Waals surface area contributed by atoms with Crippen LogP contribution in [0.15, 0.2) is 29.9 Å². The molecule has 1 atom stereocenters. The second kappa shape index (κ2) is 7.53. The molecule has 7 nitrogen and oxygen atoms in total. The summed E-state index contributed by atoms with van der Waals surface area (Å²) in [5.74, 6) is 0.747. The van der Waals surface area contributed by atoms with E-state index in [0.29, 0.717) is 18.2 Å². The van der Waals surface area contributed by atoms with Crippen molar-refractivity contribution in [3.8, 4) is 0 Å². The lowest BCUT2D eigenvalue weighted by molar-refractivity contribution is 0.0733. The topological polar surface area (TPSA) is 65.5 Å². The van der Waals surface area contributed by atoms with Crippen LogP contribution in [0.25, 0.3) is 10.2 Å². The second-order valence-corrected chi connectivity index (χ2v) is 10.1. The Morgan fingerprint density at radius 2 is 1.90 bits per heavy atom. The molecule has 4 heterocycles. The van der Waals surface area contributed by atoms with Crippen LogP contribution >= 0.6 is 11.3 Å². The van der Waals surface area contributed by atoms with E-state index in [1.54, 1.807) is 22.4 Å². The lowest BCUT2D eigenvalue weighted by Crippen LogP contribution is -2.49. The zero-order valence-electron chi connectivity index (χ0n) is 18.5. The fraction of sp³-hybridized carbons (Fsp3) is 0.478. The highest BCUT2D eigenvalue weighted by molar-refractivity contribution is 7.16. The molecule has 0 unspecified atom stereocenters. The zero-order valence-corrected chi connectivity index (χ0v) is 19.3. The number of fused-ring (bicyclic) bond motifs is 2. The van der Waals surface area contributed by atoms with E-state index in [-0.39, 0.29) is 11.3 Å². The van der Waals surface area contributed by atoms with Gasteiger partial charge in [-0.1, -0.05) is 19.9 Å². The quantitative estimate of drug-likeness (QED) is 0.628. The number of likely N-dealkylation sites (N-methyl/N-ethyl adjacent to an activating group) is 1. The Kier molecular flexibility index (Phi) is 4.94. The third-order valence-electron chi connectivity index (χ3n) is 6.61. The van der Waals surface area contributed by atoms with Crippen LogP contribution in [0.4, 0.5) is 5.95 Å². The van der Waals surface area contributed by atoms with E-state index in [4.69, 9.17) is 4.98 Å². The van der Waals surface area contributed by atoms with Gasteiger partial charge in [-0.15, -0.1) is 11.3 Å².